The largest absolute Gasteiger partial charge is 0.486 e. The van der Waals surface area contributed by atoms with E-state index in [-0.39, 0.29) is 42.4 Å². The average molecular weight is 429 g/mol. The van der Waals surface area contributed by atoms with Gasteiger partial charge in [0.15, 0.2) is 17.3 Å². The number of likely N-dealkylation sites (tertiary alicyclic amines) is 1. The van der Waals surface area contributed by atoms with Crippen LogP contribution in [0.4, 0.5) is 0 Å². The van der Waals surface area contributed by atoms with Gasteiger partial charge in [0.2, 0.25) is 11.8 Å². The van der Waals surface area contributed by atoms with Crippen LogP contribution in [0.3, 0.4) is 0 Å². The smallest absolute Gasteiger partial charge is 0.223 e. The summed E-state index contributed by atoms with van der Waals surface area (Å²) in [6, 6.07) is 5.32. The molecule has 1 saturated carbocycles. The summed E-state index contributed by atoms with van der Waals surface area (Å²) >= 11 is 0. The van der Waals surface area contributed by atoms with Crippen LogP contribution in [0, 0.1) is 5.92 Å². The van der Waals surface area contributed by atoms with Crippen LogP contribution in [-0.4, -0.2) is 54.8 Å². The number of amides is 2. The molecule has 1 N–H and O–H groups in total. The van der Waals surface area contributed by atoms with Crippen LogP contribution >= 0.6 is 0 Å². The molecule has 3 aliphatic rings. The second-order valence-corrected chi connectivity index (χ2v) is 8.78. The number of rotatable bonds is 6. The van der Waals surface area contributed by atoms with Crippen LogP contribution in [0.2, 0.25) is 0 Å². The summed E-state index contributed by atoms with van der Waals surface area (Å²) in [4.78, 5) is 39.4. The molecule has 7 nitrogen and oxygen atoms in total. The van der Waals surface area contributed by atoms with E-state index in [1.807, 2.05) is 4.90 Å². The van der Waals surface area contributed by atoms with Gasteiger partial charge in [0.25, 0.3) is 0 Å². The lowest BCUT2D eigenvalue weighted by molar-refractivity contribution is -0.132. The zero-order chi connectivity index (χ0) is 21.6. The second-order valence-electron chi connectivity index (χ2n) is 8.78. The summed E-state index contributed by atoms with van der Waals surface area (Å²) in [5, 5.41) is 3.19. The van der Waals surface area contributed by atoms with Crippen LogP contribution in [0.25, 0.3) is 0 Å². The first-order valence-electron chi connectivity index (χ1n) is 11.6. The first-order chi connectivity index (χ1) is 15.1. The highest BCUT2D eigenvalue weighted by molar-refractivity contribution is 5.98. The van der Waals surface area contributed by atoms with Gasteiger partial charge in [-0.2, -0.15) is 0 Å². The maximum Gasteiger partial charge on any atom is 0.223 e. The molecular formula is C24H32N2O5. The van der Waals surface area contributed by atoms with Gasteiger partial charge >= 0.3 is 0 Å². The molecule has 1 saturated heterocycles. The highest BCUT2D eigenvalue weighted by Crippen LogP contribution is 2.31. The van der Waals surface area contributed by atoms with Gasteiger partial charge in [-0.3, -0.25) is 14.4 Å². The number of carbonyl (C=O) groups excluding carboxylic acids is 3. The van der Waals surface area contributed by atoms with Crippen LogP contribution in [-0.2, 0) is 9.59 Å². The topological polar surface area (TPSA) is 84.9 Å². The van der Waals surface area contributed by atoms with Crippen molar-refractivity contribution < 1.29 is 23.9 Å². The van der Waals surface area contributed by atoms with E-state index in [0.29, 0.717) is 43.4 Å². The standard InChI is InChI=1S/C24H32N2O5/c27-20(18-6-8-21-22(16-18)31-15-14-30-21)7-9-23(28)26-12-10-19(11-13-26)25-24(29)17-4-2-1-3-5-17/h6,8,16-17,19H,1-5,7,9-15H2,(H,25,29). The maximum absolute atomic E-state index is 12.6. The van der Waals surface area contributed by atoms with E-state index in [4.69, 9.17) is 9.47 Å². The normalized spacial score (nSPS) is 19.7. The monoisotopic (exact) mass is 428 g/mol. The fourth-order valence-electron chi connectivity index (χ4n) is 4.70. The van der Waals surface area contributed by atoms with Crippen molar-refractivity contribution in [3.05, 3.63) is 23.8 Å². The number of Topliss-reactive ketones (excluding diaryl/α,β-unsaturated/α-hetero) is 1. The van der Waals surface area contributed by atoms with Gasteiger partial charge in [-0.25, -0.2) is 0 Å². The molecule has 2 fully saturated rings. The molecule has 4 rings (SSSR count). The molecule has 7 heteroatoms. The molecule has 168 valence electrons. The van der Waals surface area contributed by atoms with Crippen molar-refractivity contribution in [3.63, 3.8) is 0 Å². The Morgan fingerprint density at radius 2 is 1.61 bits per heavy atom. The molecular weight excluding hydrogens is 396 g/mol. The zero-order valence-corrected chi connectivity index (χ0v) is 18.1. The molecule has 2 heterocycles. The second kappa shape index (κ2) is 10.2. The Hall–Kier alpha value is -2.57. The van der Waals surface area contributed by atoms with Gasteiger partial charge in [0, 0.05) is 43.5 Å². The van der Waals surface area contributed by atoms with Crippen LogP contribution in [0.5, 0.6) is 11.5 Å². The van der Waals surface area contributed by atoms with Crippen LogP contribution < -0.4 is 14.8 Å². The van der Waals surface area contributed by atoms with E-state index < -0.39 is 0 Å². The van der Waals surface area contributed by atoms with E-state index >= 15 is 0 Å². The molecule has 0 bridgehead atoms. The number of piperidine rings is 1. The average Bonchev–Trinajstić information content (AvgIpc) is 2.83. The maximum atomic E-state index is 12.6. The predicted octanol–water partition coefficient (Wildman–Crippen LogP) is 3.11. The van der Waals surface area contributed by atoms with Gasteiger partial charge in [0.05, 0.1) is 0 Å². The highest BCUT2D eigenvalue weighted by Gasteiger charge is 2.27. The summed E-state index contributed by atoms with van der Waals surface area (Å²) in [7, 11) is 0. The van der Waals surface area contributed by atoms with Gasteiger partial charge in [-0.1, -0.05) is 19.3 Å². The minimum Gasteiger partial charge on any atom is -0.486 e. The molecule has 1 aromatic carbocycles. The van der Waals surface area contributed by atoms with E-state index in [1.54, 1.807) is 18.2 Å². The number of ketones is 1. The first-order valence-corrected chi connectivity index (χ1v) is 11.6. The Morgan fingerprint density at radius 1 is 0.903 bits per heavy atom. The number of fused-ring (bicyclic) bond motifs is 1. The first kappa shape index (κ1) is 21.7. The van der Waals surface area contributed by atoms with Crippen molar-refractivity contribution >= 4 is 17.6 Å². The molecule has 0 radical (unpaired) electrons. The molecule has 2 amide bonds. The fourth-order valence-corrected chi connectivity index (χ4v) is 4.70. The number of hydrogen-bond acceptors (Lipinski definition) is 5. The van der Waals surface area contributed by atoms with Crippen molar-refractivity contribution in [2.45, 2.75) is 63.8 Å². The Bertz CT molecular complexity index is 810. The summed E-state index contributed by atoms with van der Waals surface area (Å²) in [5.74, 6) is 1.52. The quantitative estimate of drug-likeness (QED) is 0.704. The van der Waals surface area contributed by atoms with Gasteiger partial charge in [-0.15, -0.1) is 0 Å². The van der Waals surface area contributed by atoms with Crippen molar-refractivity contribution in [1.29, 1.82) is 0 Å². The summed E-state index contributed by atoms with van der Waals surface area (Å²) in [6.07, 6.45) is 7.47. The lowest BCUT2D eigenvalue weighted by atomic mass is 9.88. The van der Waals surface area contributed by atoms with Gasteiger partial charge < -0.3 is 19.7 Å². The van der Waals surface area contributed by atoms with Crippen molar-refractivity contribution in [2.75, 3.05) is 26.3 Å². The van der Waals surface area contributed by atoms with E-state index in [2.05, 4.69) is 5.32 Å². The third-order valence-corrected chi connectivity index (χ3v) is 6.60. The molecule has 2 aliphatic heterocycles. The molecule has 1 aliphatic carbocycles. The Morgan fingerprint density at radius 3 is 2.35 bits per heavy atom. The number of nitrogens with zero attached hydrogens (tertiary/aromatic N) is 1. The van der Waals surface area contributed by atoms with Crippen LogP contribution in [0.15, 0.2) is 18.2 Å². The Kier molecular flexibility index (Phi) is 7.10. The SMILES string of the molecule is O=C(CCC(=O)N1CCC(NC(=O)C2CCCCC2)CC1)c1ccc2c(c1)OCCO2. The van der Waals surface area contributed by atoms with E-state index in [0.717, 1.165) is 38.5 Å². The Balaban J connectivity index is 1.19. The summed E-state index contributed by atoms with van der Waals surface area (Å²) in [5.41, 5.74) is 0.543. The summed E-state index contributed by atoms with van der Waals surface area (Å²) in [6.45, 7) is 2.25. The van der Waals surface area contributed by atoms with Crippen molar-refractivity contribution in [3.8, 4) is 11.5 Å². The Labute approximate surface area is 183 Å². The molecule has 0 spiro atoms. The molecule has 0 unspecified atom stereocenters. The van der Waals surface area contributed by atoms with Crippen LogP contribution in [0.1, 0.15) is 68.1 Å². The number of carbonyl (C=O) groups is 3. The molecule has 1 aromatic rings. The van der Waals surface area contributed by atoms with E-state index in [1.165, 1.54) is 6.42 Å². The molecule has 0 atom stereocenters. The van der Waals surface area contributed by atoms with Gasteiger partial charge in [-0.05, 0) is 43.9 Å². The fraction of sp³-hybridized carbons (Fsp3) is 0.625. The molecule has 31 heavy (non-hydrogen) atoms. The van der Waals surface area contributed by atoms with E-state index in [9.17, 15) is 14.4 Å². The lowest BCUT2D eigenvalue weighted by Gasteiger charge is -2.33. The predicted molar refractivity (Wildman–Crippen MR) is 115 cm³/mol. The summed E-state index contributed by atoms with van der Waals surface area (Å²) < 4.78 is 11.0. The van der Waals surface area contributed by atoms with Crippen molar-refractivity contribution in [1.82, 2.24) is 10.2 Å². The minimum absolute atomic E-state index is 0.00273. The minimum atomic E-state index is -0.0695. The number of benzene rings is 1. The van der Waals surface area contributed by atoms with Gasteiger partial charge in [0.1, 0.15) is 13.2 Å². The third kappa shape index (κ3) is 5.57. The lowest BCUT2D eigenvalue weighted by Crippen LogP contribution is -2.48. The number of ether oxygens (including phenoxy) is 2. The number of nitrogens with one attached hydrogen (secondary N) is 1. The highest BCUT2D eigenvalue weighted by atomic mass is 16.6. The molecule has 0 aromatic heterocycles. The van der Waals surface area contributed by atoms with Crippen molar-refractivity contribution in [2.24, 2.45) is 5.92 Å². The third-order valence-electron chi connectivity index (χ3n) is 6.60. The zero-order valence-electron chi connectivity index (χ0n) is 18.1. The number of hydrogen-bond donors (Lipinski definition) is 1.